The highest BCUT2D eigenvalue weighted by Gasteiger charge is 2.30. The van der Waals surface area contributed by atoms with Crippen molar-refractivity contribution < 1.29 is 14.6 Å². The van der Waals surface area contributed by atoms with E-state index in [1.165, 1.54) is 0 Å². The highest BCUT2D eigenvalue weighted by Crippen LogP contribution is 2.32. The molecule has 0 amide bonds. The average Bonchev–Trinajstić information content (AvgIpc) is 2.78. The van der Waals surface area contributed by atoms with E-state index in [0.717, 1.165) is 57.0 Å². The van der Waals surface area contributed by atoms with Crippen molar-refractivity contribution in [2.45, 2.75) is 45.1 Å². The lowest BCUT2D eigenvalue weighted by Gasteiger charge is -2.27. The van der Waals surface area contributed by atoms with E-state index >= 15 is 0 Å². The third-order valence-electron chi connectivity index (χ3n) is 4.26. The number of carbonyl (C=O) groups is 1. The third kappa shape index (κ3) is 2.27. The molecule has 3 heterocycles. The Labute approximate surface area is 112 Å². The summed E-state index contributed by atoms with van der Waals surface area (Å²) in [5, 5.41) is 9.32. The van der Waals surface area contributed by atoms with Gasteiger partial charge in [0.05, 0.1) is 5.69 Å². The lowest BCUT2D eigenvalue weighted by Crippen LogP contribution is -2.23. The number of rotatable bonds is 2. The lowest BCUT2D eigenvalue weighted by atomic mass is 9.96. The first-order chi connectivity index (χ1) is 9.16. The summed E-state index contributed by atoms with van der Waals surface area (Å²) in [5.41, 5.74) is 1.19. The molecular formula is C14H20N2O3. The van der Waals surface area contributed by atoms with Gasteiger partial charge in [0.25, 0.3) is 0 Å². The fourth-order valence-electron chi connectivity index (χ4n) is 3.19. The minimum atomic E-state index is -0.892. The van der Waals surface area contributed by atoms with Crippen molar-refractivity contribution in [3.8, 4) is 0 Å². The van der Waals surface area contributed by atoms with E-state index in [0.29, 0.717) is 11.8 Å². The van der Waals surface area contributed by atoms with Gasteiger partial charge in [-0.05, 0) is 31.6 Å². The highest BCUT2D eigenvalue weighted by atomic mass is 16.5. The van der Waals surface area contributed by atoms with E-state index in [1.807, 2.05) is 0 Å². The Balaban J connectivity index is 2.01. The van der Waals surface area contributed by atoms with Crippen LogP contribution in [0, 0.1) is 5.92 Å². The maximum atomic E-state index is 11.4. The number of fused-ring (bicyclic) bond motifs is 1. The molecule has 0 aliphatic carbocycles. The molecule has 1 fully saturated rings. The fraction of sp³-hybridized carbons (Fsp3) is 0.714. The van der Waals surface area contributed by atoms with Gasteiger partial charge in [-0.25, -0.2) is 9.78 Å². The molecule has 1 aromatic rings. The molecule has 1 saturated heterocycles. The molecule has 5 heteroatoms. The smallest absolute Gasteiger partial charge is 0.356 e. The van der Waals surface area contributed by atoms with Crippen LogP contribution in [0.3, 0.4) is 0 Å². The lowest BCUT2D eigenvalue weighted by molar-refractivity contribution is 0.0688. The van der Waals surface area contributed by atoms with Crippen molar-refractivity contribution in [3.05, 3.63) is 17.2 Å². The van der Waals surface area contributed by atoms with Crippen LogP contribution in [0.4, 0.5) is 0 Å². The van der Waals surface area contributed by atoms with Gasteiger partial charge in [-0.15, -0.1) is 0 Å². The molecule has 104 valence electrons. The highest BCUT2D eigenvalue weighted by molar-refractivity contribution is 5.87. The van der Waals surface area contributed by atoms with Crippen LogP contribution >= 0.6 is 0 Å². The molecule has 1 aromatic heterocycles. The first kappa shape index (κ1) is 12.7. The van der Waals surface area contributed by atoms with Crippen LogP contribution in [0.1, 0.15) is 54.1 Å². The van der Waals surface area contributed by atoms with Gasteiger partial charge in [0, 0.05) is 25.7 Å². The minimum Gasteiger partial charge on any atom is -0.476 e. The summed E-state index contributed by atoms with van der Waals surface area (Å²) < 4.78 is 7.56. The predicted octanol–water partition coefficient (Wildman–Crippen LogP) is 2.06. The first-order valence-corrected chi connectivity index (χ1v) is 7.07. The molecule has 1 atom stereocenters. The summed E-state index contributed by atoms with van der Waals surface area (Å²) in [7, 11) is 0. The second-order valence-electron chi connectivity index (χ2n) is 5.71. The van der Waals surface area contributed by atoms with Gasteiger partial charge in [-0.3, -0.25) is 0 Å². The van der Waals surface area contributed by atoms with Crippen molar-refractivity contribution in [1.29, 1.82) is 0 Å². The Bertz CT molecular complexity index is 489. The van der Waals surface area contributed by atoms with Gasteiger partial charge in [0.1, 0.15) is 5.82 Å². The van der Waals surface area contributed by atoms with Crippen LogP contribution < -0.4 is 0 Å². The molecule has 5 nitrogen and oxygen atoms in total. The van der Waals surface area contributed by atoms with Gasteiger partial charge in [0.15, 0.2) is 5.69 Å². The van der Waals surface area contributed by atoms with E-state index < -0.39 is 5.97 Å². The molecule has 1 N–H and O–H groups in total. The van der Waals surface area contributed by atoms with E-state index in [-0.39, 0.29) is 5.69 Å². The van der Waals surface area contributed by atoms with Gasteiger partial charge >= 0.3 is 5.97 Å². The van der Waals surface area contributed by atoms with Crippen LogP contribution in [0.5, 0.6) is 0 Å². The zero-order valence-corrected chi connectivity index (χ0v) is 11.3. The number of nitrogens with zero attached hydrogens (tertiary/aromatic N) is 2. The summed E-state index contributed by atoms with van der Waals surface area (Å²) in [6.45, 7) is 4.63. The Kier molecular flexibility index (Phi) is 3.31. The monoisotopic (exact) mass is 264 g/mol. The topological polar surface area (TPSA) is 64.3 Å². The Morgan fingerprint density at radius 3 is 2.79 bits per heavy atom. The molecule has 3 rings (SSSR count). The standard InChI is InChI=1S/C14H20N2O3/c1-9-2-3-11-12(14(17)18)15-13(16(11)8-9)10-4-6-19-7-5-10/h9-10H,2-8H2,1H3,(H,17,18). The van der Waals surface area contributed by atoms with Crippen LogP contribution in [0.15, 0.2) is 0 Å². The summed E-state index contributed by atoms with van der Waals surface area (Å²) in [4.78, 5) is 15.8. The van der Waals surface area contributed by atoms with Crippen molar-refractivity contribution in [2.75, 3.05) is 13.2 Å². The third-order valence-corrected chi connectivity index (χ3v) is 4.26. The van der Waals surface area contributed by atoms with E-state index in [1.54, 1.807) is 0 Å². The predicted molar refractivity (Wildman–Crippen MR) is 69.5 cm³/mol. The van der Waals surface area contributed by atoms with Gasteiger partial charge in [0.2, 0.25) is 0 Å². The number of hydrogen-bond donors (Lipinski definition) is 1. The van der Waals surface area contributed by atoms with Crippen molar-refractivity contribution in [1.82, 2.24) is 9.55 Å². The molecule has 0 radical (unpaired) electrons. The minimum absolute atomic E-state index is 0.272. The zero-order valence-electron chi connectivity index (χ0n) is 11.3. The molecule has 0 spiro atoms. The molecule has 0 bridgehead atoms. The normalized spacial score (nSPS) is 24.2. The quantitative estimate of drug-likeness (QED) is 0.888. The van der Waals surface area contributed by atoms with Crippen molar-refractivity contribution in [2.24, 2.45) is 5.92 Å². The van der Waals surface area contributed by atoms with Gasteiger partial charge < -0.3 is 14.4 Å². The van der Waals surface area contributed by atoms with Gasteiger partial charge in [-0.1, -0.05) is 6.92 Å². The Hall–Kier alpha value is -1.36. The first-order valence-electron chi connectivity index (χ1n) is 7.07. The fourth-order valence-corrected chi connectivity index (χ4v) is 3.19. The van der Waals surface area contributed by atoms with Gasteiger partial charge in [-0.2, -0.15) is 0 Å². The SMILES string of the molecule is CC1CCc2c(C(=O)O)nc(C3CCOCC3)n2C1. The summed E-state index contributed by atoms with van der Waals surface area (Å²) in [5.74, 6) is 1.03. The van der Waals surface area contributed by atoms with Crippen LogP contribution in [0.2, 0.25) is 0 Å². The number of aromatic nitrogens is 2. The number of carboxylic acids is 1. The molecule has 2 aliphatic rings. The summed E-state index contributed by atoms with van der Waals surface area (Å²) in [6.07, 6.45) is 3.78. The number of imidazole rings is 1. The number of hydrogen-bond acceptors (Lipinski definition) is 3. The maximum absolute atomic E-state index is 11.4. The molecular weight excluding hydrogens is 244 g/mol. The Morgan fingerprint density at radius 1 is 1.37 bits per heavy atom. The van der Waals surface area contributed by atoms with Crippen molar-refractivity contribution >= 4 is 5.97 Å². The van der Waals surface area contributed by atoms with Crippen LogP contribution in [0.25, 0.3) is 0 Å². The molecule has 0 aromatic carbocycles. The van der Waals surface area contributed by atoms with Crippen molar-refractivity contribution in [3.63, 3.8) is 0 Å². The van der Waals surface area contributed by atoms with Crippen LogP contribution in [-0.4, -0.2) is 33.8 Å². The molecule has 19 heavy (non-hydrogen) atoms. The van der Waals surface area contributed by atoms with Crippen LogP contribution in [-0.2, 0) is 17.7 Å². The number of carboxylic acid groups (broad SMARTS) is 1. The zero-order chi connectivity index (χ0) is 13.4. The van der Waals surface area contributed by atoms with E-state index in [4.69, 9.17) is 4.74 Å². The Morgan fingerprint density at radius 2 is 2.11 bits per heavy atom. The number of aromatic carboxylic acids is 1. The largest absolute Gasteiger partial charge is 0.476 e. The second kappa shape index (κ2) is 4.96. The molecule has 1 unspecified atom stereocenters. The molecule has 0 saturated carbocycles. The summed E-state index contributed by atoms with van der Waals surface area (Å²) >= 11 is 0. The van der Waals surface area contributed by atoms with E-state index in [2.05, 4.69) is 16.5 Å². The maximum Gasteiger partial charge on any atom is 0.356 e. The molecule has 2 aliphatic heterocycles. The average molecular weight is 264 g/mol. The summed E-state index contributed by atoms with van der Waals surface area (Å²) in [6, 6.07) is 0. The number of ether oxygens (including phenoxy) is 1. The van der Waals surface area contributed by atoms with E-state index in [9.17, 15) is 9.90 Å². The second-order valence-corrected chi connectivity index (χ2v) is 5.71.